The van der Waals surface area contributed by atoms with Gasteiger partial charge in [-0.3, -0.25) is 9.59 Å². The van der Waals surface area contributed by atoms with Crippen molar-refractivity contribution in [3.05, 3.63) is 47.3 Å². The Balaban J connectivity index is 1.84. The standard InChI is InChI=1S/C21H27N3O4S/c1-14-9-11-24(12-10-14)29(27,28)20-13-19(23(4)15(20)2)21(26)22-18-7-5-17(6-8-18)16(3)25/h5-8,13-14H,9-12H2,1-4H3,(H,22,26). The maximum absolute atomic E-state index is 13.1. The van der Waals surface area contributed by atoms with Gasteiger partial charge in [-0.25, -0.2) is 8.42 Å². The quantitative estimate of drug-likeness (QED) is 0.757. The molecule has 8 heteroatoms. The van der Waals surface area contributed by atoms with Gasteiger partial charge in [0.05, 0.1) is 0 Å². The number of hydrogen-bond acceptors (Lipinski definition) is 4. The summed E-state index contributed by atoms with van der Waals surface area (Å²) in [7, 11) is -1.96. The highest BCUT2D eigenvalue weighted by atomic mass is 32.2. The molecule has 0 unspecified atom stereocenters. The number of amides is 1. The van der Waals surface area contributed by atoms with Gasteiger partial charge in [-0.15, -0.1) is 0 Å². The molecule has 7 nitrogen and oxygen atoms in total. The number of nitrogens with one attached hydrogen (secondary N) is 1. The van der Waals surface area contributed by atoms with Crippen molar-refractivity contribution >= 4 is 27.4 Å². The number of ketones is 1. The fraction of sp³-hybridized carbons (Fsp3) is 0.429. The lowest BCUT2D eigenvalue weighted by Crippen LogP contribution is -2.38. The number of Topliss-reactive ketones (excluding diaryl/α,β-unsaturated/α-hetero) is 1. The fourth-order valence-corrected chi connectivity index (χ4v) is 5.24. The highest BCUT2D eigenvalue weighted by Crippen LogP contribution is 2.27. The lowest BCUT2D eigenvalue weighted by Gasteiger charge is -2.29. The van der Waals surface area contributed by atoms with Crippen molar-refractivity contribution in [1.29, 1.82) is 0 Å². The summed E-state index contributed by atoms with van der Waals surface area (Å²) in [6.07, 6.45) is 1.68. The number of hydrogen-bond donors (Lipinski definition) is 1. The Labute approximate surface area is 171 Å². The third-order valence-electron chi connectivity index (χ3n) is 5.63. The average molecular weight is 418 g/mol. The van der Waals surface area contributed by atoms with E-state index in [9.17, 15) is 18.0 Å². The van der Waals surface area contributed by atoms with E-state index in [1.54, 1.807) is 42.8 Å². The largest absolute Gasteiger partial charge is 0.343 e. The molecule has 1 fully saturated rings. The zero-order chi connectivity index (χ0) is 21.3. The summed E-state index contributed by atoms with van der Waals surface area (Å²) >= 11 is 0. The maximum atomic E-state index is 13.1. The summed E-state index contributed by atoms with van der Waals surface area (Å²) in [5, 5.41) is 2.76. The Hall–Kier alpha value is -2.45. The molecule has 29 heavy (non-hydrogen) atoms. The Morgan fingerprint density at radius 3 is 2.24 bits per heavy atom. The highest BCUT2D eigenvalue weighted by Gasteiger charge is 2.32. The Bertz CT molecular complexity index is 1030. The predicted octanol–water partition coefficient (Wildman–Crippen LogP) is 3.21. The zero-order valence-corrected chi connectivity index (χ0v) is 18.0. The van der Waals surface area contributed by atoms with E-state index in [-0.39, 0.29) is 16.4 Å². The number of benzene rings is 1. The molecule has 0 saturated carbocycles. The summed E-state index contributed by atoms with van der Waals surface area (Å²) in [5.74, 6) is 0.0665. The van der Waals surface area contributed by atoms with Gasteiger partial charge in [-0.05, 0) is 62.9 Å². The minimum absolute atomic E-state index is 0.0529. The summed E-state index contributed by atoms with van der Waals surface area (Å²) in [5.41, 5.74) is 1.89. The van der Waals surface area contributed by atoms with Crippen molar-refractivity contribution < 1.29 is 18.0 Å². The molecule has 2 aromatic rings. The molecule has 156 valence electrons. The number of piperidine rings is 1. The topological polar surface area (TPSA) is 88.5 Å². The minimum atomic E-state index is -3.64. The number of rotatable bonds is 5. The van der Waals surface area contributed by atoms with E-state index in [0.29, 0.717) is 36.0 Å². The molecular formula is C21H27N3O4S. The van der Waals surface area contributed by atoms with Crippen LogP contribution >= 0.6 is 0 Å². The van der Waals surface area contributed by atoms with Crippen molar-refractivity contribution in [2.24, 2.45) is 13.0 Å². The van der Waals surface area contributed by atoms with Crippen molar-refractivity contribution in [1.82, 2.24) is 8.87 Å². The van der Waals surface area contributed by atoms with Crippen molar-refractivity contribution in [2.75, 3.05) is 18.4 Å². The first-order valence-corrected chi connectivity index (χ1v) is 11.1. The molecule has 1 aliphatic rings. The van der Waals surface area contributed by atoms with Crippen molar-refractivity contribution in [3.63, 3.8) is 0 Å². The molecule has 0 aliphatic carbocycles. The highest BCUT2D eigenvalue weighted by molar-refractivity contribution is 7.89. The molecule has 1 aromatic heterocycles. The van der Waals surface area contributed by atoms with Crippen LogP contribution in [0.15, 0.2) is 35.2 Å². The summed E-state index contributed by atoms with van der Waals surface area (Å²) in [4.78, 5) is 24.3. The van der Waals surface area contributed by atoms with E-state index in [4.69, 9.17) is 0 Å². The molecule has 0 bridgehead atoms. The summed E-state index contributed by atoms with van der Waals surface area (Å²) < 4.78 is 29.3. The van der Waals surface area contributed by atoms with Crippen LogP contribution in [-0.2, 0) is 17.1 Å². The van der Waals surface area contributed by atoms with Crippen LogP contribution in [0.4, 0.5) is 5.69 Å². The molecular weight excluding hydrogens is 390 g/mol. The van der Waals surface area contributed by atoms with Gasteiger partial charge < -0.3 is 9.88 Å². The van der Waals surface area contributed by atoms with Gasteiger partial charge >= 0.3 is 0 Å². The van der Waals surface area contributed by atoms with E-state index in [2.05, 4.69) is 12.2 Å². The molecule has 2 heterocycles. The van der Waals surface area contributed by atoms with E-state index in [0.717, 1.165) is 12.8 Å². The lowest BCUT2D eigenvalue weighted by molar-refractivity contribution is 0.101. The Morgan fingerprint density at radius 1 is 1.10 bits per heavy atom. The second-order valence-electron chi connectivity index (χ2n) is 7.71. The van der Waals surface area contributed by atoms with Gasteiger partial charge in [0.1, 0.15) is 10.6 Å². The lowest BCUT2D eigenvalue weighted by atomic mass is 10.0. The first-order valence-electron chi connectivity index (χ1n) is 9.70. The van der Waals surface area contributed by atoms with Gasteiger partial charge in [-0.2, -0.15) is 4.31 Å². The van der Waals surface area contributed by atoms with Crippen LogP contribution in [-0.4, -0.2) is 42.1 Å². The van der Waals surface area contributed by atoms with Crippen LogP contribution in [0.25, 0.3) is 0 Å². The van der Waals surface area contributed by atoms with Gasteiger partial charge in [0.15, 0.2) is 5.78 Å². The van der Waals surface area contributed by atoms with Gasteiger partial charge in [0.2, 0.25) is 10.0 Å². The van der Waals surface area contributed by atoms with Crippen molar-refractivity contribution in [3.8, 4) is 0 Å². The van der Waals surface area contributed by atoms with Crippen LogP contribution in [0.5, 0.6) is 0 Å². The van der Waals surface area contributed by atoms with Crippen LogP contribution in [0, 0.1) is 12.8 Å². The van der Waals surface area contributed by atoms with Crippen LogP contribution < -0.4 is 5.32 Å². The third-order valence-corrected chi connectivity index (χ3v) is 7.65. The molecule has 1 saturated heterocycles. The third kappa shape index (κ3) is 4.28. The Morgan fingerprint density at radius 2 is 1.69 bits per heavy atom. The number of carbonyl (C=O) groups excluding carboxylic acids is 2. The van der Waals surface area contributed by atoms with Gasteiger partial charge in [0.25, 0.3) is 5.91 Å². The van der Waals surface area contributed by atoms with E-state index >= 15 is 0 Å². The Kier molecular flexibility index (Phi) is 5.95. The molecule has 1 amide bonds. The molecule has 3 rings (SSSR count). The molecule has 1 aliphatic heterocycles. The second kappa shape index (κ2) is 8.12. The second-order valence-corrected chi connectivity index (χ2v) is 9.62. The van der Waals surface area contributed by atoms with E-state index in [1.807, 2.05) is 0 Å². The normalized spacial score (nSPS) is 16.0. The predicted molar refractivity (Wildman–Crippen MR) is 112 cm³/mol. The number of carbonyl (C=O) groups is 2. The fourth-order valence-electron chi connectivity index (χ4n) is 3.50. The van der Waals surface area contributed by atoms with Gasteiger partial charge in [0, 0.05) is 37.1 Å². The smallest absolute Gasteiger partial charge is 0.272 e. The van der Waals surface area contributed by atoms with Crippen LogP contribution in [0.3, 0.4) is 0 Å². The monoisotopic (exact) mass is 417 g/mol. The molecule has 1 N–H and O–H groups in total. The molecule has 0 atom stereocenters. The number of aromatic nitrogens is 1. The first-order chi connectivity index (χ1) is 13.6. The maximum Gasteiger partial charge on any atom is 0.272 e. The first kappa shape index (κ1) is 21.3. The SMILES string of the molecule is CC(=O)c1ccc(NC(=O)c2cc(S(=O)(=O)N3CCC(C)CC3)c(C)n2C)cc1. The van der Waals surface area contributed by atoms with Crippen LogP contribution in [0.2, 0.25) is 0 Å². The van der Waals surface area contributed by atoms with Crippen LogP contribution in [0.1, 0.15) is 53.2 Å². The summed E-state index contributed by atoms with van der Waals surface area (Å²) in [6.45, 7) is 6.32. The number of anilines is 1. The number of nitrogens with zero attached hydrogens (tertiary/aromatic N) is 2. The minimum Gasteiger partial charge on any atom is -0.343 e. The molecule has 1 aromatic carbocycles. The van der Waals surface area contributed by atoms with E-state index in [1.165, 1.54) is 17.3 Å². The van der Waals surface area contributed by atoms with Crippen molar-refractivity contribution in [2.45, 2.75) is 38.5 Å². The zero-order valence-electron chi connectivity index (χ0n) is 17.2. The summed E-state index contributed by atoms with van der Waals surface area (Å²) in [6, 6.07) is 8.03. The van der Waals surface area contributed by atoms with E-state index < -0.39 is 15.9 Å². The average Bonchev–Trinajstić information content (AvgIpc) is 2.98. The number of sulfonamides is 1. The van der Waals surface area contributed by atoms with Gasteiger partial charge in [-0.1, -0.05) is 6.92 Å². The molecule has 0 spiro atoms. The molecule has 0 radical (unpaired) electrons.